The third-order valence-corrected chi connectivity index (χ3v) is 6.73. The van der Waals surface area contributed by atoms with E-state index >= 15 is 0 Å². The van der Waals surface area contributed by atoms with Gasteiger partial charge in [0.05, 0.1) is 24.2 Å². The van der Waals surface area contributed by atoms with Crippen molar-refractivity contribution >= 4 is 39.1 Å². The first-order valence-electron chi connectivity index (χ1n) is 9.55. The molecule has 0 fully saturated rings. The summed E-state index contributed by atoms with van der Waals surface area (Å²) < 4.78 is 27.7. The lowest BCUT2D eigenvalue weighted by atomic mass is 10.2. The van der Waals surface area contributed by atoms with E-state index in [9.17, 15) is 13.2 Å². The van der Waals surface area contributed by atoms with Gasteiger partial charge in [0, 0.05) is 12.7 Å². The highest BCUT2D eigenvalue weighted by Gasteiger charge is 2.21. The van der Waals surface area contributed by atoms with Gasteiger partial charge in [0.1, 0.15) is 0 Å². The first kappa shape index (κ1) is 22.8. The monoisotopic (exact) mass is 459 g/mol. The third kappa shape index (κ3) is 6.08. The summed E-state index contributed by atoms with van der Waals surface area (Å²) in [5.41, 5.74) is 3.40. The zero-order valence-corrected chi connectivity index (χ0v) is 19.5. The van der Waals surface area contributed by atoms with Crippen molar-refractivity contribution in [1.82, 2.24) is 14.8 Å². The highest BCUT2D eigenvalue weighted by molar-refractivity contribution is 7.99. The largest absolute Gasteiger partial charge is 0.325 e. The number of aromatic nitrogens is 3. The molecule has 1 heterocycles. The lowest BCUT2D eigenvalue weighted by molar-refractivity contribution is -0.113. The summed E-state index contributed by atoms with van der Waals surface area (Å²) in [4.78, 5) is 12.3. The summed E-state index contributed by atoms with van der Waals surface area (Å²) in [6.07, 6.45) is 1.16. The molecule has 0 unspecified atom stereocenters. The zero-order chi connectivity index (χ0) is 22.6. The van der Waals surface area contributed by atoms with E-state index in [1.165, 1.54) is 16.1 Å². The van der Waals surface area contributed by atoms with E-state index < -0.39 is 10.0 Å². The Morgan fingerprint density at radius 3 is 2.45 bits per heavy atom. The molecular formula is C21H25N5O3S2. The Bertz CT molecular complexity index is 1170. The quantitative estimate of drug-likeness (QED) is 0.520. The van der Waals surface area contributed by atoms with Crippen LogP contribution in [0.4, 0.5) is 11.4 Å². The van der Waals surface area contributed by atoms with Crippen LogP contribution in [0.3, 0.4) is 0 Å². The number of anilines is 2. The molecule has 3 rings (SSSR count). The van der Waals surface area contributed by atoms with Gasteiger partial charge < -0.3 is 9.88 Å². The third-order valence-electron chi connectivity index (χ3n) is 4.57. The van der Waals surface area contributed by atoms with Crippen molar-refractivity contribution in [3.05, 3.63) is 65.5 Å². The SMILES string of the molecule is Cc1ccc(N(Cc2nnc(SCC(=O)Nc3cccc(C)c3)n2C)S(C)(=O)=O)cc1. The molecule has 0 radical (unpaired) electrons. The first-order valence-corrected chi connectivity index (χ1v) is 12.4. The molecule has 0 aliphatic heterocycles. The molecule has 8 nitrogen and oxygen atoms in total. The van der Waals surface area contributed by atoms with Crippen LogP contribution >= 0.6 is 11.8 Å². The summed E-state index contributed by atoms with van der Waals surface area (Å²) in [5, 5.41) is 11.7. The molecule has 0 spiro atoms. The van der Waals surface area contributed by atoms with Gasteiger partial charge in [-0.3, -0.25) is 9.10 Å². The smallest absolute Gasteiger partial charge is 0.234 e. The van der Waals surface area contributed by atoms with E-state index in [2.05, 4.69) is 15.5 Å². The number of thioether (sulfide) groups is 1. The molecule has 1 aromatic heterocycles. The number of rotatable bonds is 8. The molecule has 1 amide bonds. The number of hydrogen-bond acceptors (Lipinski definition) is 6. The molecule has 31 heavy (non-hydrogen) atoms. The number of benzene rings is 2. The number of hydrogen-bond donors (Lipinski definition) is 1. The number of amides is 1. The van der Waals surface area contributed by atoms with Gasteiger partial charge in [0.2, 0.25) is 15.9 Å². The van der Waals surface area contributed by atoms with Crippen molar-refractivity contribution in [2.75, 3.05) is 21.6 Å². The first-order chi connectivity index (χ1) is 14.6. The maximum Gasteiger partial charge on any atom is 0.234 e. The highest BCUT2D eigenvalue weighted by atomic mass is 32.2. The Kier molecular flexibility index (Phi) is 7.01. The molecule has 3 aromatic rings. The predicted molar refractivity (Wildman–Crippen MR) is 124 cm³/mol. The summed E-state index contributed by atoms with van der Waals surface area (Å²) in [6.45, 7) is 3.94. The minimum Gasteiger partial charge on any atom is -0.325 e. The predicted octanol–water partition coefficient (Wildman–Crippen LogP) is 3.13. The molecule has 0 saturated heterocycles. The van der Waals surface area contributed by atoms with Gasteiger partial charge in [0.15, 0.2) is 11.0 Å². The molecular weight excluding hydrogens is 434 g/mol. The van der Waals surface area contributed by atoms with Gasteiger partial charge in [0.25, 0.3) is 0 Å². The van der Waals surface area contributed by atoms with Gasteiger partial charge >= 0.3 is 0 Å². The maximum atomic E-state index is 12.4. The molecule has 2 aromatic carbocycles. The van der Waals surface area contributed by atoms with Crippen molar-refractivity contribution in [3.8, 4) is 0 Å². The Labute approximate surface area is 186 Å². The van der Waals surface area contributed by atoms with E-state index in [1.54, 1.807) is 23.7 Å². The van der Waals surface area contributed by atoms with Gasteiger partial charge in [-0.25, -0.2) is 8.42 Å². The van der Waals surface area contributed by atoms with Crippen LogP contribution in [0.25, 0.3) is 0 Å². The minimum absolute atomic E-state index is 0.0431. The van der Waals surface area contributed by atoms with Crippen molar-refractivity contribution in [2.24, 2.45) is 7.05 Å². The van der Waals surface area contributed by atoms with E-state index in [0.29, 0.717) is 16.7 Å². The summed E-state index contributed by atoms with van der Waals surface area (Å²) in [5.74, 6) is 0.485. The van der Waals surface area contributed by atoms with Crippen molar-refractivity contribution in [3.63, 3.8) is 0 Å². The molecule has 0 saturated carbocycles. The standard InChI is InChI=1S/C21H25N5O3S2/c1-15-8-10-18(11-9-15)26(31(4,28)29)13-19-23-24-21(25(19)3)30-14-20(27)22-17-7-5-6-16(2)12-17/h5-12H,13-14H2,1-4H3,(H,22,27). The van der Waals surface area contributed by atoms with Crippen molar-refractivity contribution in [1.29, 1.82) is 0 Å². The second-order valence-corrected chi connectivity index (χ2v) is 10.1. The second kappa shape index (κ2) is 9.52. The maximum absolute atomic E-state index is 12.4. The number of carbonyl (C=O) groups excluding carboxylic acids is 1. The van der Waals surface area contributed by atoms with Crippen LogP contribution in [0.15, 0.2) is 53.7 Å². The molecule has 0 atom stereocenters. The van der Waals surface area contributed by atoms with Gasteiger partial charge in [-0.1, -0.05) is 41.6 Å². The fourth-order valence-electron chi connectivity index (χ4n) is 2.90. The van der Waals surface area contributed by atoms with Crippen LogP contribution in [0.1, 0.15) is 17.0 Å². The van der Waals surface area contributed by atoms with Crippen LogP contribution in [-0.4, -0.2) is 41.1 Å². The van der Waals surface area contributed by atoms with E-state index in [1.807, 2.05) is 50.2 Å². The number of nitrogens with one attached hydrogen (secondary N) is 1. The summed E-state index contributed by atoms with van der Waals surface area (Å²) in [7, 11) is -1.76. The molecule has 10 heteroatoms. The van der Waals surface area contributed by atoms with Crippen LogP contribution in [0, 0.1) is 13.8 Å². The molecule has 0 bridgehead atoms. The van der Waals surface area contributed by atoms with Gasteiger partial charge in [-0.05, 0) is 43.7 Å². The second-order valence-electron chi connectivity index (χ2n) is 7.27. The Balaban J connectivity index is 1.68. The molecule has 0 aliphatic carbocycles. The normalized spacial score (nSPS) is 11.4. The van der Waals surface area contributed by atoms with Crippen LogP contribution < -0.4 is 9.62 Å². The fourth-order valence-corrected chi connectivity index (χ4v) is 4.48. The van der Waals surface area contributed by atoms with Crippen LogP contribution in [0.2, 0.25) is 0 Å². The Morgan fingerprint density at radius 2 is 1.81 bits per heavy atom. The van der Waals surface area contributed by atoms with Crippen molar-refractivity contribution < 1.29 is 13.2 Å². The fraction of sp³-hybridized carbons (Fsp3) is 0.286. The van der Waals surface area contributed by atoms with E-state index in [0.717, 1.165) is 23.1 Å². The minimum atomic E-state index is -3.52. The lowest BCUT2D eigenvalue weighted by Gasteiger charge is -2.22. The summed E-state index contributed by atoms with van der Waals surface area (Å²) >= 11 is 1.24. The number of aryl methyl sites for hydroxylation is 2. The topological polar surface area (TPSA) is 97.2 Å². The number of nitrogens with zero attached hydrogens (tertiary/aromatic N) is 4. The Hall–Kier alpha value is -2.85. The molecule has 1 N–H and O–H groups in total. The Morgan fingerprint density at radius 1 is 1.10 bits per heavy atom. The molecule has 164 valence electrons. The lowest BCUT2D eigenvalue weighted by Crippen LogP contribution is -2.30. The number of sulfonamides is 1. The van der Waals surface area contributed by atoms with Crippen molar-refractivity contribution in [2.45, 2.75) is 25.5 Å². The molecule has 0 aliphatic rings. The van der Waals surface area contributed by atoms with E-state index in [4.69, 9.17) is 0 Å². The highest BCUT2D eigenvalue weighted by Crippen LogP contribution is 2.22. The number of carbonyl (C=O) groups is 1. The van der Waals surface area contributed by atoms with Crippen LogP contribution in [-0.2, 0) is 28.4 Å². The van der Waals surface area contributed by atoms with Crippen LogP contribution in [0.5, 0.6) is 0 Å². The zero-order valence-electron chi connectivity index (χ0n) is 17.9. The van der Waals surface area contributed by atoms with E-state index in [-0.39, 0.29) is 18.2 Å². The van der Waals surface area contributed by atoms with Gasteiger partial charge in [-0.15, -0.1) is 10.2 Å². The average molecular weight is 460 g/mol. The summed E-state index contributed by atoms with van der Waals surface area (Å²) in [6, 6.07) is 14.8. The average Bonchev–Trinajstić information content (AvgIpc) is 3.04. The van der Waals surface area contributed by atoms with Gasteiger partial charge in [-0.2, -0.15) is 0 Å².